The number of piperazine rings is 1. The molecule has 2 bridgehead atoms. The number of likely N-dealkylation sites (N-methyl/N-ethyl adjacent to an activating group) is 1. The highest BCUT2D eigenvalue weighted by Crippen LogP contribution is 2.41. The zero-order valence-corrected chi connectivity index (χ0v) is 29.8. The van der Waals surface area contributed by atoms with Crippen molar-refractivity contribution in [2.24, 2.45) is 0 Å². The van der Waals surface area contributed by atoms with Gasteiger partial charge in [-0.3, -0.25) is 14.6 Å². The summed E-state index contributed by atoms with van der Waals surface area (Å²) < 4.78 is 42.2. The van der Waals surface area contributed by atoms with Crippen LogP contribution in [0.25, 0.3) is 0 Å². The number of piperidine rings is 2. The quantitative estimate of drug-likeness (QED) is 0.299. The van der Waals surface area contributed by atoms with Crippen molar-refractivity contribution in [1.29, 1.82) is 0 Å². The number of urea groups is 1. The van der Waals surface area contributed by atoms with Gasteiger partial charge in [0.05, 0.1) is 16.3 Å². The monoisotopic (exact) mass is 729 g/mol. The SMILES string of the molecule is CN1CC2CC1CN2C1CCN(C(=O)C(CC=O)(Cc2cc(Cl)c(N)c(C(F)(F)F)c2)N2CCC(N3CCc4ccccc4NC3=O)CC2)CC1. The maximum Gasteiger partial charge on any atom is 0.418 e. The average Bonchev–Trinajstić information content (AvgIpc) is 3.64. The molecule has 0 aliphatic carbocycles. The van der Waals surface area contributed by atoms with Crippen LogP contribution >= 0.6 is 11.6 Å². The van der Waals surface area contributed by atoms with Crippen LogP contribution in [0.15, 0.2) is 36.4 Å². The Morgan fingerprint density at radius 1 is 0.980 bits per heavy atom. The first-order valence-electron chi connectivity index (χ1n) is 18.1. The number of hydrogen-bond donors (Lipinski definition) is 2. The molecular formula is C37H47ClF3N7O3. The van der Waals surface area contributed by atoms with E-state index in [1.807, 2.05) is 39.0 Å². The number of likely N-dealkylation sites (tertiary alicyclic amines) is 4. The molecule has 4 fully saturated rings. The van der Waals surface area contributed by atoms with Crippen LogP contribution in [-0.2, 0) is 28.6 Å². The Labute approximate surface area is 302 Å². The Kier molecular flexibility index (Phi) is 10.0. The molecule has 3 amide bonds. The number of fused-ring (bicyclic) bond motifs is 3. The van der Waals surface area contributed by atoms with Gasteiger partial charge in [0.1, 0.15) is 11.8 Å². The number of anilines is 2. The summed E-state index contributed by atoms with van der Waals surface area (Å²) in [5, 5.41) is 2.79. The summed E-state index contributed by atoms with van der Waals surface area (Å²) in [6.45, 7) is 4.42. The number of alkyl halides is 3. The fourth-order valence-corrected chi connectivity index (χ4v) is 9.72. The van der Waals surface area contributed by atoms with E-state index in [0.29, 0.717) is 76.4 Å². The summed E-state index contributed by atoms with van der Waals surface area (Å²) >= 11 is 6.27. The van der Waals surface area contributed by atoms with Gasteiger partial charge in [-0.25, -0.2) is 4.79 Å². The second kappa shape index (κ2) is 14.2. The van der Waals surface area contributed by atoms with E-state index < -0.39 is 23.0 Å². The molecular weight excluding hydrogens is 683 g/mol. The van der Waals surface area contributed by atoms with E-state index in [0.717, 1.165) is 43.2 Å². The number of carbonyl (C=O) groups excluding carboxylic acids is 3. The number of rotatable bonds is 8. The third kappa shape index (κ3) is 6.94. The van der Waals surface area contributed by atoms with E-state index in [9.17, 15) is 27.6 Å². The van der Waals surface area contributed by atoms with Crippen molar-refractivity contribution in [1.82, 2.24) is 24.5 Å². The van der Waals surface area contributed by atoms with Gasteiger partial charge in [0, 0.05) is 88.5 Å². The lowest BCUT2D eigenvalue weighted by Gasteiger charge is -2.50. The standard InChI is InChI=1S/C37H47ClF3N7O3/c1-44-22-29-20-28(44)23-48(29)27-7-12-45(13-8-27)34(50)36(11-17-49,21-24-18-30(37(39,40)41)33(42)31(38)19-24)46-14-9-26(10-15-46)47-16-6-25-4-2-3-5-32(25)43-35(47)51/h2-5,17-19,26-29H,6-16,20-23,42H2,1H3,(H,43,51). The van der Waals surface area contributed by atoms with E-state index in [4.69, 9.17) is 17.3 Å². The van der Waals surface area contributed by atoms with Crippen molar-refractivity contribution >= 4 is 41.2 Å². The molecule has 7 rings (SSSR count). The lowest BCUT2D eigenvalue weighted by Crippen LogP contribution is -2.65. The predicted octanol–water partition coefficient (Wildman–Crippen LogP) is 4.75. The lowest BCUT2D eigenvalue weighted by molar-refractivity contribution is -0.150. The zero-order chi connectivity index (χ0) is 36.1. The Hall–Kier alpha value is -3.39. The zero-order valence-electron chi connectivity index (χ0n) is 29.0. The minimum Gasteiger partial charge on any atom is -0.397 e. The van der Waals surface area contributed by atoms with E-state index in [-0.39, 0.29) is 41.4 Å². The number of aldehydes is 1. The van der Waals surface area contributed by atoms with Gasteiger partial charge in [0.15, 0.2) is 0 Å². The van der Waals surface area contributed by atoms with E-state index >= 15 is 0 Å². The van der Waals surface area contributed by atoms with Gasteiger partial charge in [-0.1, -0.05) is 29.8 Å². The van der Waals surface area contributed by atoms with Crippen molar-refractivity contribution in [3.05, 3.63) is 58.1 Å². The van der Waals surface area contributed by atoms with E-state index in [2.05, 4.69) is 22.2 Å². The first-order chi connectivity index (χ1) is 24.4. The molecule has 2 aromatic carbocycles. The van der Waals surface area contributed by atoms with Crippen molar-refractivity contribution < 1.29 is 27.6 Å². The number of benzene rings is 2. The number of amides is 3. The van der Waals surface area contributed by atoms with Crippen LogP contribution in [0.1, 0.15) is 55.2 Å². The van der Waals surface area contributed by atoms with Crippen LogP contribution in [0.2, 0.25) is 5.02 Å². The number of halogens is 4. The highest BCUT2D eigenvalue weighted by Gasteiger charge is 2.50. The van der Waals surface area contributed by atoms with Crippen molar-refractivity contribution in [2.75, 3.05) is 63.9 Å². The molecule has 3 N–H and O–H groups in total. The third-order valence-electron chi connectivity index (χ3n) is 12.2. The Morgan fingerprint density at radius 3 is 2.33 bits per heavy atom. The van der Waals surface area contributed by atoms with Gasteiger partial charge in [-0.05, 0) is 74.9 Å². The molecule has 0 aromatic heterocycles. The van der Waals surface area contributed by atoms with Crippen LogP contribution in [0, 0.1) is 0 Å². The van der Waals surface area contributed by atoms with Crippen LogP contribution in [0.3, 0.4) is 0 Å². The molecule has 0 radical (unpaired) electrons. The van der Waals surface area contributed by atoms with Crippen LogP contribution in [0.5, 0.6) is 0 Å². The number of nitrogens with one attached hydrogen (secondary N) is 1. The Balaban J connectivity index is 1.13. The summed E-state index contributed by atoms with van der Waals surface area (Å²) in [4.78, 5) is 51.4. The lowest BCUT2D eigenvalue weighted by atomic mass is 9.81. The molecule has 3 atom stereocenters. The second-order valence-corrected chi connectivity index (χ2v) is 15.5. The first-order valence-corrected chi connectivity index (χ1v) is 18.5. The molecule has 14 heteroatoms. The van der Waals surface area contributed by atoms with Crippen molar-refractivity contribution in [3.8, 4) is 0 Å². The number of nitrogen functional groups attached to an aromatic ring is 1. The van der Waals surface area contributed by atoms with Gasteiger partial charge >= 0.3 is 12.2 Å². The summed E-state index contributed by atoms with van der Waals surface area (Å²) in [7, 11) is 2.17. The molecule has 5 heterocycles. The largest absolute Gasteiger partial charge is 0.418 e. The fourth-order valence-electron chi connectivity index (χ4n) is 9.48. The molecule has 3 unspecified atom stereocenters. The minimum absolute atomic E-state index is 0.104. The van der Waals surface area contributed by atoms with Crippen molar-refractivity contribution in [2.45, 2.75) is 87.2 Å². The topological polar surface area (TPSA) is 105 Å². The van der Waals surface area contributed by atoms with Crippen molar-refractivity contribution in [3.63, 3.8) is 0 Å². The summed E-state index contributed by atoms with van der Waals surface area (Å²) in [5.41, 5.74) is 4.76. The predicted molar refractivity (Wildman–Crippen MR) is 190 cm³/mol. The minimum atomic E-state index is -4.75. The third-order valence-corrected chi connectivity index (χ3v) is 12.6. The number of nitrogens with two attached hydrogens (primary N) is 1. The molecule has 5 aliphatic heterocycles. The van der Waals surface area contributed by atoms with Gasteiger partial charge in [0.25, 0.3) is 0 Å². The van der Waals surface area contributed by atoms with Crippen LogP contribution in [-0.4, -0.2) is 125 Å². The molecule has 276 valence electrons. The molecule has 5 aliphatic rings. The first kappa shape index (κ1) is 36.0. The Morgan fingerprint density at radius 2 is 1.69 bits per heavy atom. The molecule has 0 saturated carbocycles. The molecule has 2 aromatic rings. The Bertz CT molecular complexity index is 1640. The van der Waals surface area contributed by atoms with Gasteiger partial charge < -0.3 is 30.5 Å². The highest BCUT2D eigenvalue weighted by atomic mass is 35.5. The normalized spacial score (nSPS) is 25.4. The van der Waals surface area contributed by atoms with E-state index in [1.54, 1.807) is 0 Å². The number of carbonyl (C=O) groups is 3. The van der Waals surface area contributed by atoms with E-state index in [1.165, 1.54) is 12.5 Å². The van der Waals surface area contributed by atoms with Crippen LogP contribution in [0.4, 0.5) is 29.3 Å². The molecule has 51 heavy (non-hydrogen) atoms. The van der Waals surface area contributed by atoms with Gasteiger partial charge in [0.2, 0.25) is 5.91 Å². The fraction of sp³-hybridized carbons (Fsp3) is 0.595. The summed E-state index contributed by atoms with van der Waals surface area (Å²) in [6, 6.07) is 11.3. The maximum atomic E-state index is 14.9. The highest BCUT2D eigenvalue weighted by molar-refractivity contribution is 6.33. The maximum absolute atomic E-state index is 14.9. The van der Waals surface area contributed by atoms with Gasteiger partial charge in [-0.2, -0.15) is 13.2 Å². The summed E-state index contributed by atoms with van der Waals surface area (Å²) in [6.07, 6.45) is 0.186. The smallest absolute Gasteiger partial charge is 0.397 e. The number of hydrogen-bond acceptors (Lipinski definition) is 7. The van der Waals surface area contributed by atoms with Gasteiger partial charge in [-0.15, -0.1) is 0 Å². The number of nitrogens with zero attached hydrogens (tertiary/aromatic N) is 5. The number of para-hydroxylation sites is 1. The second-order valence-electron chi connectivity index (χ2n) is 15.1. The summed E-state index contributed by atoms with van der Waals surface area (Å²) in [5.74, 6) is -0.251. The molecule has 4 saturated heterocycles. The van der Waals surface area contributed by atoms with Crippen LogP contribution < -0.4 is 11.1 Å². The molecule has 0 spiro atoms. The average molecular weight is 730 g/mol. The molecule has 10 nitrogen and oxygen atoms in total.